The average molecular weight is 318 g/mol. The molecule has 5 nitrogen and oxygen atoms in total. The molecule has 1 unspecified atom stereocenters. The normalized spacial score (nSPS) is 11.9. The first-order chi connectivity index (χ1) is 10.6. The SMILES string of the molecule is CC[NH+](CC(=O)Nc1ccc(C(N)=O)cc1)Cc1cccs1. The molecule has 6 heteroatoms. The highest BCUT2D eigenvalue weighted by Gasteiger charge is 2.14. The molecule has 0 spiro atoms. The molecule has 2 aromatic rings. The van der Waals surface area contributed by atoms with Crippen molar-refractivity contribution in [2.75, 3.05) is 18.4 Å². The second-order valence-electron chi connectivity index (χ2n) is 5.03. The highest BCUT2D eigenvalue weighted by atomic mass is 32.1. The fourth-order valence-corrected chi connectivity index (χ4v) is 2.90. The molecule has 0 radical (unpaired) electrons. The summed E-state index contributed by atoms with van der Waals surface area (Å²) in [6, 6.07) is 10.7. The Labute approximate surface area is 133 Å². The number of carbonyl (C=O) groups is 2. The number of hydrogen-bond acceptors (Lipinski definition) is 3. The Morgan fingerprint density at radius 1 is 1.23 bits per heavy atom. The summed E-state index contributed by atoms with van der Waals surface area (Å²) in [5.41, 5.74) is 6.28. The van der Waals surface area contributed by atoms with Gasteiger partial charge in [0.2, 0.25) is 5.91 Å². The number of benzene rings is 1. The fourth-order valence-electron chi connectivity index (χ4n) is 2.12. The molecule has 0 aliphatic carbocycles. The molecule has 116 valence electrons. The summed E-state index contributed by atoms with van der Waals surface area (Å²) in [5, 5.41) is 4.89. The van der Waals surface area contributed by atoms with E-state index in [1.54, 1.807) is 35.6 Å². The van der Waals surface area contributed by atoms with Gasteiger partial charge in [-0.2, -0.15) is 0 Å². The standard InChI is InChI=1S/C16H19N3O2S/c1-2-19(10-14-4-3-9-22-14)11-15(20)18-13-7-5-12(6-8-13)16(17)21/h3-9H,2,10-11H2,1H3,(H2,17,21)(H,18,20)/p+1. The fraction of sp³-hybridized carbons (Fsp3) is 0.250. The van der Waals surface area contributed by atoms with E-state index in [4.69, 9.17) is 5.73 Å². The second-order valence-corrected chi connectivity index (χ2v) is 6.06. The van der Waals surface area contributed by atoms with Crippen molar-refractivity contribution in [1.29, 1.82) is 0 Å². The third-order valence-electron chi connectivity index (χ3n) is 3.37. The van der Waals surface area contributed by atoms with Crippen LogP contribution in [0.15, 0.2) is 41.8 Å². The van der Waals surface area contributed by atoms with Crippen molar-refractivity contribution in [2.24, 2.45) is 5.73 Å². The molecule has 0 aliphatic rings. The van der Waals surface area contributed by atoms with E-state index in [1.165, 1.54) is 9.78 Å². The summed E-state index contributed by atoms with van der Waals surface area (Å²) in [6.45, 7) is 4.21. The van der Waals surface area contributed by atoms with Crippen LogP contribution < -0.4 is 16.0 Å². The maximum atomic E-state index is 12.1. The number of nitrogens with one attached hydrogen (secondary N) is 2. The first-order valence-corrected chi connectivity index (χ1v) is 8.02. The lowest BCUT2D eigenvalue weighted by Gasteiger charge is -2.16. The van der Waals surface area contributed by atoms with Crippen LogP contribution in [0.25, 0.3) is 0 Å². The molecule has 0 saturated carbocycles. The number of thiophene rings is 1. The Bertz CT molecular complexity index is 623. The van der Waals surface area contributed by atoms with Gasteiger partial charge in [0.15, 0.2) is 6.54 Å². The van der Waals surface area contributed by atoms with Crippen molar-refractivity contribution < 1.29 is 14.5 Å². The molecule has 1 heterocycles. The zero-order valence-corrected chi connectivity index (χ0v) is 13.3. The van der Waals surface area contributed by atoms with Gasteiger partial charge in [0, 0.05) is 11.3 Å². The molecule has 4 N–H and O–H groups in total. The van der Waals surface area contributed by atoms with E-state index >= 15 is 0 Å². The van der Waals surface area contributed by atoms with Crippen molar-refractivity contribution in [1.82, 2.24) is 0 Å². The number of amides is 2. The molecule has 2 rings (SSSR count). The predicted molar refractivity (Wildman–Crippen MR) is 88.0 cm³/mol. The Morgan fingerprint density at radius 2 is 1.95 bits per heavy atom. The maximum absolute atomic E-state index is 12.1. The minimum absolute atomic E-state index is 0.0415. The van der Waals surface area contributed by atoms with Crippen LogP contribution in [0.5, 0.6) is 0 Å². The van der Waals surface area contributed by atoms with E-state index in [0.717, 1.165) is 13.1 Å². The summed E-state index contributed by atoms with van der Waals surface area (Å²) in [7, 11) is 0. The number of nitrogens with two attached hydrogens (primary N) is 1. The Hall–Kier alpha value is -2.18. The Balaban J connectivity index is 1.89. The molecule has 1 aromatic carbocycles. The smallest absolute Gasteiger partial charge is 0.279 e. The van der Waals surface area contributed by atoms with Crippen LogP contribution >= 0.6 is 11.3 Å². The zero-order valence-electron chi connectivity index (χ0n) is 12.5. The summed E-state index contributed by atoms with van der Waals surface area (Å²) in [6.07, 6.45) is 0. The van der Waals surface area contributed by atoms with E-state index in [2.05, 4.69) is 18.3 Å². The van der Waals surface area contributed by atoms with Crippen LogP contribution in [-0.4, -0.2) is 24.9 Å². The Kier molecular flexibility index (Phi) is 5.68. The highest BCUT2D eigenvalue weighted by molar-refractivity contribution is 7.09. The first kappa shape index (κ1) is 16.2. The number of rotatable bonds is 7. The van der Waals surface area contributed by atoms with Gasteiger partial charge in [0.25, 0.3) is 5.91 Å². The lowest BCUT2D eigenvalue weighted by Crippen LogP contribution is -3.11. The maximum Gasteiger partial charge on any atom is 0.279 e. The number of likely N-dealkylation sites (N-methyl/N-ethyl adjacent to an activating group) is 1. The highest BCUT2D eigenvalue weighted by Crippen LogP contribution is 2.09. The van der Waals surface area contributed by atoms with Gasteiger partial charge in [-0.15, -0.1) is 11.3 Å². The van der Waals surface area contributed by atoms with Gasteiger partial charge in [-0.05, 0) is 42.6 Å². The van der Waals surface area contributed by atoms with Gasteiger partial charge in [0.1, 0.15) is 6.54 Å². The predicted octanol–water partition coefficient (Wildman–Crippen LogP) is 0.891. The number of hydrogen-bond donors (Lipinski definition) is 3. The van der Waals surface area contributed by atoms with Crippen molar-refractivity contribution in [3.63, 3.8) is 0 Å². The lowest BCUT2D eigenvalue weighted by atomic mass is 10.2. The van der Waals surface area contributed by atoms with Crippen LogP contribution in [0.1, 0.15) is 22.2 Å². The van der Waals surface area contributed by atoms with Crippen LogP contribution in [0.3, 0.4) is 0 Å². The minimum Gasteiger partial charge on any atom is -0.366 e. The van der Waals surface area contributed by atoms with Crippen molar-refractivity contribution in [3.05, 3.63) is 52.2 Å². The van der Waals surface area contributed by atoms with E-state index in [0.29, 0.717) is 17.8 Å². The largest absolute Gasteiger partial charge is 0.366 e. The van der Waals surface area contributed by atoms with Crippen LogP contribution in [-0.2, 0) is 11.3 Å². The monoisotopic (exact) mass is 318 g/mol. The van der Waals surface area contributed by atoms with Gasteiger partial charge in [-0.1, -0.05) is 6.07 Å². The van der Waals surface area contributed by atoms with Crippen molar-refractivity contribution >= 4 is 28.8 Å². The van der Waals surface area contributed by atoms with E-state index in [1.807, 2.05) is 11.4 Å². The number of quaternary nitrogens is 1. The third-order valence-corrected chi connectivity index (χ3v) is 4.24. The molecular formula is C16H20N3O2S+. The summed E-state index contributed by atoms with van der Waals surface area (Å²) < 4.78 is 0. The first-order valence-electron chi connectivity index (χ1n) is 7.14. The van der Waals surface area contributed by atoms with Crippen molar-refractivity contribution in [2.45, 2.75) is 13.5 Å². The van der Waals surface area contributed by atoms with Crippen LogP contribution in [0.2, 0.25) is 0 Å². The summed E-state index contributed by atoms with van der Waals surface area (Å²) >= 11 is 1.71. The molecule has 0 fully saturated rings. The van der Waals surface area contributed by atoms with E-state index in [-0.39, 0.29) is 5.91 Å². The Morgan fingerprint density at radius 3 is 2.50 bits per heavy atom. The zero-order chi connectivity index (χ0) is 15.9. The number of carbonyl (C=O) groups excluding carboxylic acids is 2. The van der Waals surface area contributed by atoms with Crippen LogP contribution in [0, 0.1) is 0 Å². The van der Waals surface area contributed by atoms with E-state index in [9.17, 15) is 9.59 Å². The molecule has 0 bridgehead atoms. The summed E-state index contributed by atoms with van der Waals surface area (Å²) in [4.78, 5) is 25.6. The van der Waals surface area contributed by atoms with Gasteiger partial charge >= 0.3 is 0 Å². The molecule has 22 heavy (non-hydrogen) atoms. The third kappa shape index (κ3) is 4.68. The minimum atomic E-state index is -0.476. The van der Waals surface area contributed by atoms with Crippen LogP contribution in [0.4, 0.5) is 5.69 Å². The van der Waals surface area contributed by atoms with Crippen molar-refractivity contribution in [3.8, 4) is 0 Å². The average Bonchev–Trinajstić information content (AvgIpc) is 3.00. The summed E-state index contributed by atoms with van der Waals surface area (Å²) in [5.74, 6) is -0.518. The van der Waals surface area contributed by atoms with Gasteiger partial charge in [-0.3, -0.25) is 9.59 Å². The lowest BCUT2D eigenvalue weighted by molar-refractivity contribution is -0.903. The molecule has 2 amide bonds. The molecule has 0 saturated heterocycles. The topological polar surface area (TPSA) is 76.6 Å². The number of primary amides is 1. The van der Waals surface area contributed by atoms with Gasteiger partial charge in [0.05, 0.1) is 11.4 Å². The van der Waals surface area contributed by atoms with E-state index < -0.39 is 5.91 Å². The quantitative estimate of drug-likeness (QED) is 0.709. The molecule has 0 aliphatic heterocycles. The number of anilines is 1. The molecule has 1 atom stereocenters. The van der Waals surface area contributed by atoms with Gasteiger partial charge < -0.3 is 16.0 Å². The second kappa shape index (κ2) is 7.72. The molecule has 1 aromatic heterocycles. The molecular weight excluding hydrogens is 298 g/mol. The van der Waals surface area contributed by atoms with Gasteiger partial charge in [-0.25, -0.2) is 0 Å².